The highest BCUT2D eigenvalue weighted by atomic mass is 16.6. The lowest BCUT2D eigenvalue weighted by Crippen LogP contribution is -2.45. The number of hydrogen-bond donors (Lipinski definition) is 1. The van der Waals surface area contributed by atoms with Crippen LogP contribution >= 0.6 is 0 Å². The van der Waals surface area contributed by atoms with Crippen molar-refractivity contribution in [3.05, 3.63) is 60.3 Å². The first kappa shape index (κ1) is 25.4. The highest BCUT2D eigenvalue weighted by Crippen LogP contribution is 2.25. The number of nitrogens with one attached hydrogen (secondary N) is 1. The number of rotatable bonds is 6. The van der Waals surface area contributed by atoms with Crippen LogP contribution in [0.15, 0.2) is 54.7 Å². The molecule has 2 heterocycles. The third kappa shape index (κ3) is 6.30. The maximum Gasteiger partial charge on any atom is 0.410 e. The number of hydrogen-bond acceptors (Lipinski definition) is 6. The fraction of sp³-hybridized carbons (Fsp3) is 0.429. The maximum atomic E-state index is 13.8. The van der Waals surface area contributed by atoms with Crippen molar-refractivity contribution in [2.45, 2.75) is 46.1 Å². The van der Waals surface area contributed by atoms with E-state index in [-0.39, 0.29) is 17.9 Å². The van der Waals surface area contributed by atoms with Crippen LogP contribution in [-0.4, -0.2) is 58.6 Å². The van der Waals surface area contributed by atoms with E-state index in [2.05, 4.69) is 15.3 Å². The zero-order valence-corrected chi connectivity index (χ0v) is 21.5. The van der Waals surface area contributed by atoms with Gasteiger partial charge in [0.2, 0.25) is 5.95 Å². The van der Waals surface area contributed by atoms with E-state index in [1.54, 1.807) is 22.1 Å². The summed E-state index contributed by atoms with van der Waals surface area (Å²) in [6.45, 7) is 9.99. The fourth-order valence-electron chi connectivity index (χ4n) is 4.38. The summed E-state index contributed by atoms with van der Waals surface area (Å²) < 4.78 is 5.53. The van der Waals surface area contributed by atoms with Gasteiger partial charge in [-0.15, -0.1) is 0 Å². The maximum absolute atomic E-state index is 13.8. The van der Waals surface area contributed by atoms with Crippen molar-refractivity contribution in [1.82, 2.24) is 14.9 Å². The SMILES string of the molecule is CCNc1nccc(N(CC2CCN(C(=O)OC(C)(C)C)CC2)C(=O)c2ccc3ccccc3c2)n1. The Morgan fingerprint density at radius 1 is 1.08 bits per heavy atom. The number of aromatic nitrogens is 2. The minimum atomic E-state index is -0.520. The number of fused-ring (bicyclic) bond motifs is 1. The van der Waals surface area contributed by atoms with Gasteiger partial charge in [-0.1, -0.05) is 30.3 Å². The van der Waals surface area contributed by atoms with Crippen LogP contribution in [0.5, 0.6) is 0 Å². The van der Waals surface area contributed by atoms with Crippen molar-refractivity contribution in [3.8, 4) is 0 Å². The van der Waals surface area contributed by atoms with Gasteiger partial charge in [-0.3, -0.25) is 9.69 Å². The zero-order valence-electron chi connectivity index (χ0n) is 21.5. The van der Waals surface area contributed by atoms with Crippen LogP contribution in [0.3, 0.4) is 0 Å². The first-order chi connectivity index (χ1) is 17.2. The second-order valence-electron chi connectivity index (χ2n) is 10.2. The minimum Gasteiger partial charge on any atom is -0.444 e. The number of benzene rings is 2. The molecule has 3 aromatic rings. The van der Waals surface area contributed by atoms with Crippen molar-refractivity contribution in [1.29, 1.82) is 0 Å². The summed E-state index contributed by atoms with van der Waals surface area (Å²) in [4.78, 5) is 38.7. The number of piperidine rings is 1. The van der Waals surface area contributed by atoms with Gasteiger partial charge in [0.05, 0.1) is 0 Å². The number of carbonyl (C=O) groups is 2. The van der Waals surface area contributed by atoms with E-state index in [1.165, 1.54) is 0 Å². The van der Waals surface area contributed by atoms with E-state index >= 15 is 0 Å². The first-order valence-electron chi connectivity index (χ1n) is 12.6. The van der Waals surface area contributed by atoms with Crippen molar-refractivity contribution in [3.63, 3.8) is 0 Å². The number of likely N-dealkylation sites (tertiary alicyclic amines) is 1. The van der Waals surface area contributed by atoms with Crippen LogP contribution < -0.4 is 10.2 Å². The quantitative estimate of drug-likeness (QED) is 0.502. The van der Waals surface area contributed by atoms with Crippen molar-refractivity contribution in [2.75, 3.05) is 36.4 Å². The van der Waals surface area contributed by atoms with Crippen LogP contribution in [0, 0.1) is 5.92 Å². The molecule has 4 rings (SSSR count). The smallest absolute Gasteiger partial charge is 0.410 e. The monoisotopic (exact) mass is 489 g/mol. The van der Waals surface area contributed by atoms with Crippen LogP contribution in [0.2, 0.25) is 0 Å². The molecule has 0 unspecified atom stereocenters. The van der Waals surface area contributed by atoms with Crippen LogP contribution in [0.4, 0.5) is 16.6 Å². The van der Waals surface area contributed by atoms with E-state index in [1.807, 2.05) is 70.2 Å². The molecule has 190 valence electrons. The lowest BCUT2D eigenvalue weighted by molar-refractivity contribution is 0.0185. The number of carbonyl (C=O) groups excluding carboxylic acids is 2. The average molecular weight is 490 g/mol. The summed E-state index contributed by atoms with van der Waals surface area (Å²) in [6, 6.07) is 15.6. The fourth-order valence-corrected chi connectivity index (χ4v) is 4.38. The van der Waals surface area contributed by atoms with E-state index < -0.39 is 5.60 Å². The highest BCUT2D eigenvalue weighted by molar-refractivity contribution is 6.07. The summed E-state index contributed by atoms with van der Waals surface area (Å²) in [7, 11) is 0. The normalized spacial score (nSPS) is 14.5. The molecule has 1 N–H and O–H groups in total. The molecule has 8 heteroatoms. The molecular weight excluding hydrogens is 454 g/mol. The van der Waals surface area contributed by atoms with E-state index in [9.17, 15) is 9.59 Å². The molecule has 0 bridgehead atoms. The number of ether oxygens (including phenoxy) is 1. The molecule has 1 aliphatic rings. The Kier molecular flexibility index (Phi) is 7.72. The largest absolute Gasteiger partial charge is 0.444 e. The Hall–Kier alpha value is -3.68. The van der Waals surface area contributed by atoms with E-state index in [0.717, 1.165) is 23.6 Å². The molecule has 2 amide bonds. The van der Waals surface area contributed by atoms with Gasteiger partial charge in [0.1, 0.15) is 11.4 Å². The Balaban J connectivity index is 1.54. The van der Waals surface area contributed by atoms with Gasteiger partial charge >= 0.3 is 6.09 Å². The molecule has 0 aliphatic carbocycles. The second kappa shape index (κ2) is 10.9. The van der Waals surface area contributed by atoms with Gasteiger partial charge in [0, 0.05) is 37.9 Å². The minimum absolute atomic E-state index is 0.100. The summed E-state index contributed by atoms with van der Waals surface area (Å²) in [5.41, 5.74) is 0.0948. The molecule has 1 aromatic heterocycles. The summed E-state index contributed by atoms with van der Waals surface area (Å²) in [5, 5.41) is 5.24. The summed E-state index contributed by atoms with van der Waals surface area (Å²) in [5.74, 6) is 1.18. The number of anilines is 2. The summed E-state index contributed by atoms with van der Waals surface area (Å²) >= 11 is 0. The third-order valence-electron chi connectivity index (χ3n) is 6.20. The van der Waals surface area contributed by atoms with Gasteiger partial charge in [-0.2, -0.15) is 4.98 Å². The molecule has 0 radical (unpaired) electrons. The molecule has 36 heavy (non-hydrogen) atoms. The third-order valence-corrected chi connectivity index (χ3v) is 6.20. The van der Waals surface area contributed by atoms with Crippen LogP contribution in [-0.2, 0) is 4.74 Å². The molecule has 1 saturated heterocycles. The summed E-state index contributed by atoms with van der Waals surface area (Å²) in [6.07, 6.45) is 2.96. The van der Waals surface area contributed by atoms with Crippen molar-refractivity contribution >= 4 is 34.5 Å². The molecule has 1 aliphatic heterocycles. The molecule has 0 atom stereocenters. The topological polar surface area (TPSA) is 87.7 Å². The Bertz CT molecular complexity index is 1220. The van der Waals surface area contributed by atoms with Crippen molar-refractivity contribution in [2.24, 2.45) is 5.92 Å². The number of amides is 2. The Labute approximate surface area is 212 Å². The Morgan fingerprint density at radius 3 is 2.50 bits per heavy atom. The van der Waals surface area contributed by atoms with Gasteiger partial charge in [0.25, 0.3) is 5.91 Å². The average Bonchev–Trinajstić information content (AvgIpc) is 2.86. The molecule has 2 aromatic carbocycles. The molecular formula is C28H35N5O3. The van der Waals surface area contributed by atoms with E-state index in [0.29, 0.717) is 43.5 Å². The van der Waals surface area contributed by atoms with Crippen molar-refractivity contribution < 1.29 is 14.3 Å². The van der Waals surface area contributed by atoms with Crippen LogP contribution in [0.25, 0.3) is 10.8 Å². The molecule has 1 fully saturated rings. The van der Waals surface area contributed by atoms with Gasteiger partial charge in [-0.05, 0) is 75.4 Å². The molecule has 0 spiro atoms. The lowest BCUT2D eigenvalue weighted by Gasteiger charge is -2.35. The standard InChI is InChI=1S/C28H35N5O3/c1-5-29-26-30-15-12-24(31-26)33(25(34)23-11-10-21-8-6-7-9-22(21)18-23)19-20-13-16-32(17-14-20)27(35)36-28(2,3)4/h6-12,15,18,20H,5,13-14,16-17,19H2,1-4H3,(H,29,30,31). The van der Waals surface area contributed by atoms with E-state index in [4.69, 9.17) is 4.74 Å². The Morgan fingerprint density at radius 2 is 1.81 bits per heavy atom. The highest BCUT2D eigenvalue weighted by Gasteiger charge is 2.30. The zero-order chi connectivity index (χ0) is 25.7. The number of nitrogens with zero attached hydrogens (tertiary/aromatic N) is 4. The van der Waals surface area contributed by atoms with Gasteiger partial charge in [0.15, 0.2) is 0 Å². The predicted molar refractivity (Wildman–Crippen MR) is 142 cm³/mol. The van der Waals surface area contributed by atoms with Crippen LogP contribution in [0.1, 0.15) is 50.9 Å². The van der Waals surface area contributed by atoms with Gasteiger partial charge in [-0.25, -0.2) is 9.78 Å². The second-order valence-corrected chi connectivity index (χ2v) is 10.2. The van der Waals surface area contributed by atoms with Gasteiger partial charge < -0.3 is 15.0 Å². The molecule has 0 saturated carbocycles. The first-order valence-corrected chi connectivity index (χ1v) is 12.6. The predicted octanol–water partition coefficient (Wildman–Crippen LogP) is 5.36. The lowest BCUT2D eigenvalue weighted by atomic mass is 9.96. The molecule has 8 nitrogen and oxygen atoms in total.